The van der Waals surface area contributed by atoms with E-state index >= 15 is 0 Å². The molecular formula is C8H8BNO. The zero-order valence-corrected chi connectivity index (χ0v) is 6.37. The van der Waals surface area contributed by atoms with Crippen LogP contribution in [0.5, 0.6) is 0 Å². The molecule has 54 valence electrons. The molecule has 1 aliphatic rings. The molecule has 0 saturated carbocycles. The van der Waals surface area contributed by atoms with Crippen LogP contribution in [0.3, 0.4) is 0 Å². The Morgan fingerprint density at radius 3 is 2.82 bits per heavy atom. The second-order valence-corrected chi connectivity index (χ2v) is 2.82. The van der Waals surface area contributed by atoms with Crippen LogP contribution in [0.25, 0.3) is 0 Å². The first-order valence-corrected chi connectivity index (χ1v) is 3.62. The van der Waals surface area contributed by atoms with Crippen molar-refractivity contribution in [3.05, 3.63) is 35.4 Å². The molecule has 0 radical (unpaired) electrons. The van der Waals surface area contributed by atoms with Crippen LogP contribution in [0.1, 0.15) is 15.9 Å². The van der Waals surface area contributed by atoms with Gasteiger partial charge in [-0.1, -0.05) is 18.2 Å². The third-order valence-corrected chi connectivity index (χ3v) is 2.00. The third kappa shape index (κ3) is 0.844. The summed E-state index contributed by atoms with van der Waals surface area (Å²) in [6.45, 7) is 0.759. The van der Waals surface area contributed by atoms with Crippen LogP contribution in [-0.4, -0.2) is 18.7 Å². The Hall–Kier alpha value is -1.25. The molecule has 0 N–H and O–H groups in total. The zero-order chi connectivity index (χ0) is 7.84. The summed E-state index contributed by atoms with van der Waals surface area (Å²) in [6, 6.07) is 7.74. The Morgan fingerprint density at radius 2 is 2.09 bits per heavy atom. The standard InChI is InChI=1S/C8H8BNO/c9-10-5-6-3-1-2-4-7(6)8(10)11/h1-4H,5,9H2. The lowest BCUT2D eigenvalue weighted by atomic mass is 10.1. The highest BCUT2D eigenvalue weighted by molar-refractivity contribution is 6.19. The van der Waals surface area contributed by atoms with Crippen molar-refractivity contribution in [2.75, 3.05) is 0 Å². The molecule has 1 aliphatic heterocycles. The van der Waals surface area contributed by atoms with Gasteiger partial charge in [0.25, 0.3) is 0 Å². The molecule has 0 unspecified atom stereocenters. The molecule has 1 heterocycles. The van der Waals surface area contributed by atoms with E-state index in [2.05, 4.69) is 0 Å². The number of fused-ring (bicyclic) bond motifs is 1. The molecular weight excluding hydrogens is 137 g/mol. The van der Waals surface area contributed by atoms with Gasteiger partial charge in [-0.15, -0.1) is 0 Å². The minimum Gasteiger partial charge on any atom is -0.386 e. The summed E-state index contributed by atoms with van der Waals surface area (Å²) in [5.74, 6) is 0.139. The van der Waals surface area contributed by atoms with Crippen LogP contribution < -0.4 is 0 Å². The number of rotatable bonds is 0. The van der Waals surface area contributed by atoms with E-state index in [1.165, 1.54) is 0 Å². The second kappa shape index (κ2) is 2.12. The summed E-state index contributed by atoms with van der Waals surface area (Å²) < 4.78 is 0. The molecule has 3 heteroatoms. The number of nitrogens with zero attached hydrogens (tertiary/aromatic N) is 1. The highest BCUT2D eigenvalue weighted by atomic mass is 16.2. The molecule has 11 heavy (non-hydrogen) atoms. The molecule has 0 saturated heterocycles. The number of hydrogen-bond acceptors (Lipinski definition) is 1. The lowest BCUT2D eigenvalue weighted by Gasteiger charge is -2.04. The van der Waals surface area contributed by atoms with Crippen molar-refractivity contribution < 1.29 is 4.79 Å². The fourth-order valence-electron chi connectivity index (χ4n) is 1.40. The summed E-state index contributed by atoms with van der Waals surface area (Å²) in [5, 5.41) is 0. The van der Waals surface area contributed by atoms with Crippen molar-refractivity contribution in [1.29, 1.82) is 0 Å². The minimum absolute atomic E-state index is 0.139. The number of carbonyl (C=O) groups excluding carboxylic acids is 1. The summed E-state index contributed by atoms with van der Waals surface area (Å²) in [6.07, 6.45) is 0. The maximum absolute atomic E-state index is 11.3. The SMILES string of the molecule is BN1Cc2ccccc2C1=O. The monoisotopic (exact) mass is 145 g/mol. The van der Waals surface area contributed by atoms with Crippen LogP contribution in [-0.2, 0) is 6.54 Å². The van der Waals surface area contributed by atoms with Crippen LogP contribution in [0.15, 0.2) is 24.3 Å². The lowest BCUT2D eigenvalue weighted by molar-refractivity contribution is 0.0880. The number of benzene rings is 1. The molecule has 0 aromatic heterocycles. The van der Waals surface area contributed by atoms with Crippen LogP contribution in [0, 0.1) is 0 Å². The Bertz CT molecular complexity index is 311. The Balaban J connectivity index is 2.55. The van der Waals surface area contributed by atoms with Gasteiger partial charge in [-0.25, -0.2) is 0 Å². The first-order chi connectivity index (χ1) is 5.29. The first-order valence-electron chi connectivity index (χ1n) is 3.62. The predicted octanol–water partition coefficient (Wildman–Crippen LogP) is 0.191. The van der Waals surface area contributed by atoms with Crippen molar-refractivity contribution in [2.45, 2.75) is 6.54 Å². The molecule has 0 atom stereocenters. The minimum atomic E-state index is 0.139. The molecule has 2 nitrogen and oxygen atoms in total. The van der Waals surface area contributed by atoms with Crippen molar-refractivity contribution in [2.24, 2.45) is 0 Å². The fourth-order valence-corrected chi connectivity index (χ4v) is 1.40. The van der Waals surface area contributed by atoms with E-state index in [-0.39, 0.29) is 5.91 Å². The second-order valence-electron chi connectivity index (χ2n) is 2.82. The van der Waals surface area contributed by atoms with E-state index in [0.29, 0.717) is 0 Å². The average molecular weight is 145 g/mol. The topological polar surface area (TPSA) is 20.3 Å². The van der Waals surface area contributed by atoms with E-state index in [0.717, 1.165) is 17.7 Å². The van der Waals surface area contributed by atoms with Crippen LogP contribution in [0.2, 0.25) is 0 Å². The van der Waals surface area contributed by atoms with Gasteiger partial charge in [0.15, 0.2) is 0 Å². The first kappa shape index (κ1) is 6.46. The normalized spacial score (nSPS) is 15.3. The summed E-state index contributed by atoms with van der Waals surface area (Å²) in [7, 11) is 1.82. The Morgan fingerprint density at radius 1 is 1.36 bits per heavy atom. The molecule has 0 fully saturated rings. The van der Waals surface area contributed by atoms with Gasteiger partial charge in [0.2, 0.25) is 13.9 Å². The van der Waals surface area contributed by atoms with Gasteiger partial charge >= 0.3 is 0 Å². The quantitative estimate of drug-likeness (QED) is 0.477. The number of hydrogen-bond donors (Lipinski definition) is 0. The van der Waals surface area contributed by atoms with E-state index in [1.54, 1.807) is 4.81 Å². The van der Waals surface area contributed by atoms with Crippen LogP contribution >= 0.6 is 0 Å². The summed E-state index contributed by atoms with van der Waals surface area (Å²) in [4.78, 5) is 13.0. The Kier molecular flexibility index (Phi) is 1.25. The predicted molar refractivity (Wildman–Crippen MR) is 44.9 cm³/mol. The Labute approximate surface area is 66.3 Å². The van der Waals surface area contributed by atoms with Crippen molar-refractivity contribution in [1.82, 2.24) is 4.81 Å². The zero-order valence-electron chi connectivity index (χ0n) is 6.37. The van der Waals surface area contributed by atoms with Crippen LogP contribution in [0.4, 0.5) is 0 Å². The van der Waals surface area contributed by atoms with E-state index in [9.17, 15) is 4.79 Å². The molecule has 0 spiro atoms. The summed E-state index contributed by atoms with van der Waals surface area (Å²) >= 11 is 0. The largest absolute Gasteiger partial charge is 0.386 e. The molecule has 1 amide bonds. The van der Waals surface area contributed by atoms with Gasteiger partial charge in [-0.05, 0) is 11.6 Å². The number of amides is 1. The smallest absolute Gasteiger partial charge is 0.241 e. The van der Waals surface area contributed by atoms with Gasteiger partial charge in [0.05, 0.1) is 0 Å². The molecule has 1 aromatic rings. The highest BCUT2D eigenvalue weighted by Gasteiger charge is 2.22. The van der Waals surface area contributed by atoms with Gasteiger partial charge in [-0.2, -0.15) is 0 Å². The maximum atomic E-state index is 11.3. The van der Waals surface area contributed by atoms with E-state index < -0.39 is 0 Å². The van der Waals surface area contributed by atoms with E-state index in [1.807, 2.05) is 32.2 Å². The lowest BCUT2D eigenvalue weighted by Crippen LogP contribution is -2.19. The molecule has 0 bridgehead atoms. The van der Waals surface area contributed by atoms with Crippen molar-refractivity contribution in [3.8, 4) is 0 Å². The molecule has 0 aliphatic carbocycles. The highest BCUT2D eigenvalue weighted by Crippen LogP contribution is 2.19. The van der Waals surface area contributed by atoms with Crippen molar-refractivity contribution >= 4 is 13.9 Å². The van der Waals surface area contributed by atoms with Gasteiger partial charge < -0.3 is 4.81 Å². The number of carbonyl (C=O) groups is 1. The molecule has 1 aromatic carbocycles. The summed E-state index contributed by atoms with van der Waals surface area (Å²) in [5.41, 5.74) is 2.00. The van der Waals surface area contributed by atoms with Crippen molar-refractivity contribution in [3.63, 3.8) is 0 Å². The van der Waals surface area contributed by atoms with Gasteiger partial charge in [0, 0.05) is 12.1 Å². The van der Waals surface area contributed by atoms with Gasteiger partial charge in [0.1, 0.15) is 0 Å². The maximum Gasteiger partial charge on any atom is 0.241 e. The van der Waals surface area contributed by atoms with Gasteiger partial charge in [-0.3, -0.25) is 4.79 Å². The fraction of sp³-hybridized carbons (Fsp3) is 0.125. The van der Waals surface area contributed by atoms with E-state index in [4.69, 9.17) is 0 Å². The average Bonchev–Trinajstić information content (AvgIpc) is 2.30. The third-order valence-electron chi connectivity index (χ3n) is 2.00. The molecule has 2 rings (SSSR count).